The quantitative estimate of drug-likeness (QED) is 0.864. The van der Waals surface area contributed by atoms with Crippen LogP contribution in [0, 0.1) is 12.7 Å². The predicted octanol–water partition coefficient (Wildman–Crippen LogP) is 2.50. The molecule has 0 atom stereocenters. The molecule has 6 heteroatoms. The Morgan fingerprint density at radius 3 is 2.89 bits per heavy atom. The zero-order chi connectivity index (χ0) is 13.1. The van der Waals surface area contributed by atoms with Crippen LogP contribution in [0.3, 0.4) is 0 Å². The molecule has 18 heavy (non-hydrogen) atoms. The van der Waals surface area contributed by atoms with Gasteiger partial charge >= 0.3 is 5.97 Å². The number of carbonyl (C=O) groups is 1. The Hall–Kier alpha value is -1.82. The Bertz CT molecular complexity index is 583. The van der Waals surface area contributed by atoms with E-state index in [9.17, 15) is 9.18 Å². The van der Waals surface area contributed by atoms with Gasteiger partial charge in [0.25, 0.3) is 0 Å². The van der Waals surface area contributed by atoms with Gasteiger partial charge in [-0.1, -0.05) is 23.9 Å². The summed E-state index contributed by atoms with van der Waals surface area (Å²) in [6.07, 6.45) is 0. The SMILES string of the molecule is Cc1cc(SCC(=O)O)n(-c2ccccc2F)n1. The van der Waals surface area contributed by atoms with E-state index in [1.807, 2.05) is 0 Å². The van der Waals surface area contributed by atoms with Crippen LogP contribution in [0.4, 0.5) is 4.39 Å². The Morgan fingerprint density at radius 1 is 1.50 bits per heavy atom. The topological polar surface area (TPSA) is 55.1 Å². The Kier molecular flexibility index (Phi) is 3.66. The highest BCUT2D eigenvalue weighted by atomic mass is 32.2. The van der Waals surface area contributed by atoms with Gasteiger partial charge in [-0.2, -0.15) is 5.10 Å². The van der Waals surface area contributed by atoms with Crippen molar-refractivity contribution in [3.63, 3.8) is 0 Å². The van der Waals surface area contributed by atoms with E-state index in [4.69, 9.17) is 5.11 Å². The molecule has 4 nitrogen and oxygen atoms in total. The van der Waals surface area contributed by atoms with Crippen molar-refractivity contribution in [2.24, 2.45) is 0 Å². The number of carboxylic acids is 1. The van der Waals surface area contributed by atoms with E-state index in [2.05, 4.69) is 5.10 Å². The number of aryl methyl sites for hydroxylation is 1. The third-order valence-electron chi connectivity index (χ3n) is 2.22. The predicted molar refractivity (Wildman–Crippen MR) is 66.6 cm³/mol. The third kappa shape index (κ3) is 2.70. The molecular formula is C12H11FN2O2S. The highest BCUT2D eigenvalue weighted by Gasteiger charge is 2.12. The van der Waals surface area contributed by atoms with Crippen molar-refractivity contribution in [2.75, 3.05) is 5.75 Å². The minimum atomic E-state index is -0.918. The first-order chi connectivity index (χ1) is 8.58. The Morgan fingerprint density at radius 2 is 2.22 bits per heavy atom. The molecule has 0 saturated carbocycles. The van der Waals surface area contributed by atoms with Gasteiger partial charge in [-0.15, -0.1) is 0 Å². The fraction of sp³-hybridized carbons (Fsp3) is 0.167. The number of aliphatic carboxylic acids is 1. The van der Waals surface area contributed by atoms with Crippen LogP contribution in [0.5, 0.6) is 0 Å². The first-order valence-electron chi connectivity index (χ1n) is 5.24. The van der Waals surface area contributed by atoms with Gasteiger partial charge in [-0.25, -0.2) is 9.07 Å². The number of benzene rings is 1. The lowest BCUT2D eigenvalue weighted by Crippen LogP contribution is -2.04. The molecule has 0 aliphatic carbocycles. The number of aromatic nitrogens is 2. The first-order valence-corrected chi connectivity index (χ1v) is 6.22. The number of nitrogens with zero attached hydrogens (tertiary/aromatic N) is 2. The van der Waals surface area contributed by atoms with E-state index in [0.29, 0.717) is 16.4 Å². The molecule has 0 aliphatic rings. The number of rotatable bonds is 4. The van der Waals surface area contributed by atoms with E-state index in [-0.39, 0.29) is 5.75 Å². The molecule has 0 amide bonds. The number of para-hydroxylation sites is 1. The maximum Gasteiger partial charge on any atom is 0.313 e. The number of halogens is 1. The largest absolute Gasteiger partial charge is 0.481 e. The average Bonchev–Trinajstić information content (AvgIpc) is 2.68. The van der Waals surface area contributed by atoms with Gasteiger partial charge in [-0.3, -0.25) is 4.79 Å². The summed E-state index contributed by atoms with van der Waals surface area (Å²) in [6, 6.07) is 7.99. The molecule has 0 unspecified atom stereocenters. The molecule has 1 aromatic heterocycles. The minimum absolute atomic E-state index is 0.0837. The Balaban J connectivity index is 2.38. The van der Waals surface area contributed by atoms with Gasteiger partial charge in [0.05, 0.1) is 11.4 Å². The fourth-order valence-electron chi connectivity index (χ4n) is 1.51. The van der Waals surface area contributed by atoms with Gasteiger partial charge in [0.15, 0.2) is 0 Å². The molecule has 1 N–H and O–H groups in total. The van der Waals surface area contributed by atoms with Crippen LogP contribution in [0.2, 0.25) is 0 Å². The van der Waals surface area contributed by atoms with Crippen molar-refractivity contribution < 1.29 is 14.3 Å². The molecule has 0 aliphatic heterocycles. The van der Waals surface area contributed by atoms with E-state index in [1.54, 1.807) is 31.2 Å². The standard InChI is InChI=1S/C12H11FN2O2S/c1-8-6-11(18-7-12(16)17)15(14-8)10-5-3-2-4-9(10)13/h2-6H,7H2,1H3,(H,16,17). The van der Waals surface area contributed by atoms with E-state index < -0.39 is 11.8 Å². The summed E-state index contributed by atoms with van der Waals surface area (Å²) >= 11 is 1.11. The summed E-state index contributed by atoms with van der Waals surface area (Å²) in [5.74, 6) is -1.39. The fourth-order valence-corrected chi connectivity index (χ4v) is 2.30. The second-order valence-electron chi connectivity index (χ2n) is 3.67. The summed E-state index contributed by atoms with van der Waals surface area (Å²) in [5.41, 5.74) is 1.03. The van der Waals surface area contributed by atoms with Crippen molar-refractivity contribution in [2.45, 2.75) is 11.9 Å². The molecule has 1 heterocycles. The van der Waals surface area contributed by atoms with Crippen molar-refractivity contribution in [3.05, 3.63) is 41.8 Å². The zero-order valence-corrected chi connectivity index (χ0v) is 10.4. The van der Waals surface area contributed by atoms with Gasteiger partial charge in [-0.05, 0) is 25.1 Å². The molecule has 2 rings (SSSR count). The van der Waals surface area contributed by atoms with Crippen LogP contribution in [-0.2, 0) is 4.79 Å². The molecule has 0 saturated heterocycles. The maximum atomic E-state index is 13.7. The first kappa shape index (κ1) is 12.6. The maximum absolute atomic E-state index is 13.7. The van der Waals surface area contributed by atoms with E-state index in [1.165, 1.54) is 10.7 Å². The van der Waals surface area contributed by atoms with Crippen LogP contribution in [0.15, 0.2) is 35.4 Å². The molecule has 0 bridgehead atoms. The third-order valence-corrected chi connectivity index (χ3v) is 3.20. The van der Waals surface area contributed by atoms with Crippen LogP contribution >= 0.6 is 11.8 Å². The molecular weight excluding hydrogens is 255 g/mol. The lowest BCUT2D eigenvalue weighted by Gasteiger charge is -2.06. The van der Waals surface area contributed by atoms with E-state index in [0.717, 1.165) is 11.8 Å². The second kappa shape index (κ2) is 5.22. The van der Waals surface area contributed by atoms with Crippen molar-refractivity contribution in [1.82, 2.24) is 9.78 Å². The van der Waals surface area contributed by atoms with Gasteiger partial charge < -0.3 is 5.11 Å². The van der Waals surface area contributed by atoms with Crippen molar-refractivity contribution >= 4 is 17.7 Å². The highest BCUT2D eigenvalue weighted by molar-refractivity contribution is 7.99. The molecule has 1 aromatic carbocycles. The molecule has 94 valence electrons. The van der Waals surface area contributed by atoms with Gasteiger partial charge in [0.2, 0.25) is 0 Å². The number of thioether (sulfide) groups is 1. The van der Waals surface area contributed by atoms with Crippen LogP contribution in [-0.4, -0.2) is 26.6 Å². The smallest absolute Gasteiger partial charge is 0.313 e. The summed E-state index contributed by atoms with van der Waals surface area (Å²) in [6.45, 7) is 1.78. The van der Waals surface area contributed by atoms with Crippen LogP contribution in [0.1, 0.15) is 5.69 Å². The molecule has 0 spiro atoms. The summed E-state index contributed by atoms with van der Waals surface area (Å²) in [5, 5.41) is 13.5. The second-order valence-corrected chi connectivity index (χ2v) is 4.67. The summed E-state index contributed by atoms with van der Waals surface area (Å²) in [7, 11) is 0. The van der Waals surface area contributed by atoms with Gasteiger partial charge in [0.1, 0.15) is 16.5 Å². The Labute approximate surface area is 107 Å². The molecule has 2 aromatic rings. The van der Waals surface area contributed by atoms with Crippen LogP contribution < -0.4 is 0 Å². The average molecular weight is 266 g/mol. The molecule has 0 radical (unpaired) electrons. The van der Waals surface area contributed by atoms with Gasteiger partial charge in [0, 0.05) is 0 Å². The minimum Gasteiger partial charge on any atom is -0.481 e. The lowest BCUT2D eigenvalue weighted by molar-refractivity contribution is -0.133. The number of hydrogen-bond acceptors (Lipinski definition) is 3. The highest BCUT2D eigenvalue weighted by Crippen LogP contribution is 2.24. The normalized spacial score (nSPS) is 10.6. The monoisotopic (exact) mass is 266 g/mol. The lowest BCUT2D eigenvalue weighted by atomic mass is 10.3. The van der Waals surface area contributed by atoms with Crippen LogP contribution in [0.25, 0.3) is 5.69 Å². The molecule has 0 fully saturated rings. The van der Waals surface area contributed by atoms with Crippen molar-refractivity contribution in [3.8, 4) is 5.69 Å². The number of hydrogen-bond donors (Lipinski definition) is 1. The van der Waals surface area contributed by atoms with E-state index >= 15 is 0 Å². The number of carboxylic acid groups (broad SMARTS) is 1. The zero-order valence-electron chi connectivity index (χ0n) is 9.63. The summed E-state index contributed by atoms with van der Waals surface area (Å²) < 4.78 is 15.1. The van der Waals surface area contributed by atoms with Crippen molar-refractivity contribution in [1.29, 1.82) is 0 Å². The summed E-state index contributed by atoms with van der Waals surface area (Å²) in [4.78, 5) is 10.6.